The van der Waals surface area contributed by atoms with Crippen LogP contribution in [0.2, 0.25) is 0 Å². The van der Waals surface area contributed by atoms with Gasteiger partial charge in [-0.25, -0.2) is 5.43 Å². The van der Waals surface area contributed by atoms with Crippen molar-refractivity contribution >= 4 is 23.0 Å². The lowest BCUT2D eigenvalue weighted by Crippen LogP contribution is -2.17. The number of pyridine rings is 1. The van der Waals surface area contributed by atoms with E-state index in [9.17, 15) is 9.90 Å². The number of carbonyl (C=O) groups is 1. The van der Waals surface area contributed by atoms with E-state index >= 15 is 0 Å². The maximum Gasteiger partial charge on any atom is 0.271 e. The number of hydrogen-bond donors (Lipinski definition) is 2. The number of carbonyl (C=O) groups excluding carboxylic acids is 1. The molecule has 0 bridgehead atoms. The summed E-state index contributed by atoms with van der Waals surface area (Å²) in [6, 6.07) is 23.1. The molecule has 3 aromatic carbocycles. The molecule has 0 spiro atoms. The van der Waals surface area contributed by atoms with Crippen LogP contribution in [0.15, 0.2) is 90.2 Å². The molecule has 0 fully saturated rings. The molecule has 0 atom stereocenters. The van der Waals surface area contributed by atoms with E-state index in [1.54, 1.807) is 48.7 Å². The molecule has 0 aliphatic heterocycles. The van der Waals surface area contributed by atoms with Gasteiger partial charge in [-0.15, -0.1) is 0 Å². The number of ether oxygens (including phenoxy) is 1. The Hall–Kier alpha value is -4.19. The number of hydrogen-bond acceptors (Lipinski definition) is 5. The second kappa shape index (κ2) is 8.22. The monoisotopic (exact) mass is 383 g/mol. The van der Waals surface area contributed by atoms with Gasteiger partial charge in [-0.3, -0.25) is 9.78 Å². The summed E-state index contributed by atoms with van der Waals surface area (Å²) in [6.45, 7) is 0. The van der Waals surface area contributed by atoms with Gasteiger partial charge in [0, 0.05) is 22.7 Å². The zero-order valence-corrected chi connectivity index (χ0v) is 15.3. The van der Waals surface area contributed by atoms with E-state index in [-0.39, 0.29) is 11.7 Å². The van der Waals surface area contributed by atoms with E-state index in [0.717, 1.165) is 10.9 Å². The van der Waals surface area contributed by atoms with E-state index in [4.69, 9.17) is 4.74 Å². The van der Waals surface area contributed by atoms with E-state index in [1.807, 2.05) is 36.4 Å². The molecule has 0 saturated carbocycles. The minimum absolute atomic E-state index is 0.0945. The second-order valence-electron chi connectivity index (χ2n) is 6.22. The van der Waals surface area contributed by atoms with Crippen molar-refractivity contribution in [1.29, 1.82) is 0 Å². The average Bonchev–Trinajstić information content (AvgIpc) is 2.76. The van der Waals surface area contributed by atoms with Gasteiger partial charge in [0.05, 0.1) is 6.21 Å². The van der Waals surface area contributed by atoms with Crippen molar-refractivity contribution in [3.05, 3.63) is 96.2 Å². The van der Waals surface area contributed by atoms with Gasteiger partial charge in [-0.1, -0.05) is 30.3 Å². The number of aromatic hydroxyl groups is 1. The molecule has 0 saturated heterocycles. The number of aromatic nitrogens is 1. The summed E-state index contributed by atoms with van der Waals surface area (Å²) in [4.78, 5) is 16.6. The molecule has 1 amide bonds. The van der Waals surface area contributed by atoms with Gasteiger partial charge < -0.3 is 9.84 Å². The Morgan fingerprint density at radius 3 is 2.66 bits per heavy atom. The van der Waals surface area contributed by atoms with Crippen LogP contribution in [0.3, 0.4) is 0 Å². The lowest BCUT2D eigenvalue weighted by molar-refractivity contribution is 0.0955. The maximum atomic E-state index is 12.4. The van der Waals surface area contributed by atoms with Crippen LogP contribution < -0.4 is 10.2 Å². The summed E-state index contributed by atoms with van der Waals surface area (Å²) in [7, 11) is 0. The van der Waals surface area contributed by atoms with Crippen molar-refractivity contribution in [2.24, 2.45) is 5.10 Å². The predicted molar refractivity (Wildman–Crippen MR) is 111 cm³/mol. The first-order chi connectivity index (χ1) is 14.2. The predicted octanol–water partition coefficient (Wildman–Crippen LogP) is 4.50. The molecule has 0 unspecified atom stereocenters. The molecule has 6 heteroatoms. The number of nitrogens with one attached hydrogen (secondary N) is 1. The summed E-state index contributed by atoms with van der Waals surface area (Å²) < 4.78 is 5.75. The first kappa shape index (κ1) is 18.2. The number of phenols is 1. The number of fused-ring (bicyclic) bond motifs is 1. The summed E-state index contributed by atoms with van der Waals surface area (Å²) in [6.07, 6.45) is 3.13. The largest absolute Gasteiger partial charge is 0.506 e. The highest BCUT2D eigenvalue weighted by atomic mass is 16.5. The third-order valence-electron chi connectivity index (χ3n) is 4.23. The Balaban J connectivity index is 1.48. The lowest BCUT2D eigenvalue weighted by atomic mass is 10.1. The fourth-order valence-corrected chi connectivity index (χ4v) is 2.84. The number of benzene rings is 3. The third-order valence-corrected chi connectivity index (χ3v) is 4.23. The fourth-order valence-electron chi connectivity index (χ4n) is 2.84. The SMILES string of the molecule is O=C(NN=Cc1ccc(O)c2ncccc12)c1cccc(Oc2ccccc2)c1. The molecule has 0 aliphatic carbocycles. The molecule has 1 aromatic heterocycles. The highest BCUT2D eigenvalue weighted by Gasteiger charge is 2.07. The van der Waals surface area contributed by atoms with Gasteiger partial charge in [0.15, 0.2) is 0 Å². The van der Waals surface area contributed by atoms with E-state index in [0.29, 0.717) is 22.6 Å². The molecule has 29 heavy (non-hydrogen) atoms. The zero-order valence-electron chi connectivity index (χ0n) is 15.3. The minimum Gasteiger partial charge on any atom is -0.506 e. The van der Waals surface area contributed by atoms with Crippen LogP contribution in [0.25, 0.3) is 10.9 Å². The van der Waals surface area contributed by atoms with Crippen molar-refractivity contribution in [2.75, 3.05) is 0 Å². The first-order valence-corrected chi connectivity index (χ1v) is 8.94. The molecule has 0 aliphatic rings. The van der Waals surface area contributed by atoms with Crippen molar-refractivity contribution in [1.82, 2.24) is 10.4 Å². The summed E-state index contributed by atoms with van der Waals surface area (Å²) >= 11 is 0. The first-order valence-electron chi connectivity index (χ1n) is 8.94. The molecule has 142 valence electrons. The number of hydrazone groups is 1. The molecule has 4 rings (SSSR count). The van der Waals surface area contributed by atoms with Crippen LogP contribution in [-0.2, 0) is 0 Å². The van der Waals surface area contributed by atoms with Crippen LogP contribution in [0.5, 0.6) is 17.2 Å². The Kier molecular flexibility index (Phi) is 5.16. The Bertz CT molecular complexity index is 1190. The molecule has 2 N–H and O–H groups in total. The van der Waals surface area contributed by atoms with Gasteiger partial charge in [0.1, 0.15) is 22.8 Å². The summed E-state index contributed by atoms with van der Waals surface area (Å²) in [5.41, 5.74) is 4.14. The van der Waals surface area contributed by atoms with Crippen LogP contribution >= 0.6 is 0 Å². The third kappa shape index (κ3) is 4.22. The van der Waals surface area contributed by atoms with Crippen molar-refractivity contribution in [3.63, 3.8) is 0 Å². The summed E-state index contributed by atoms with van der Waals surface area (Å²) in [5, 5.41) is 14.7. The van der Waals surface area contributed by atoms with Crippen LogP contribution in [0, 0.1) is 0 Å². The summed E-state index contributed by atoms with van der Waals surface area (Å²) in [5.74, 6) is 0.984. The maximum absolute atomic E-state index is 12.4. The highest BCUT2D eigenvalue weighted by Crippen LogP contribution is 2.24. The number of nitrogens with zero attached hydrogens (tertiary/aromatic N) is 2. The number of phenolic OH excluding ortho intramolecular Hbond substituents is 1. The standard InChI is InChI=1S/C23H17N3O3/c27-21-12-11-17(20-10-5-13-24-22(20)21)15-25-26-23(28)16-6-4-9-19(14-16)29-18-7-2-1-3-8-18/h1-15,27H,(H,26,28). The van der Waals surface area contributed by atoms with Gasteiger partial charge in [-0.05, 0) is 48.5 Å². The molecular formula is C23H17N3O3. The average molecular weight is 383 g/mol. The normalized spacial score (nSPS) is 10.9. The smallest absolute Gasteiger partial charge is 0.271 e. The quantitative estimate of drug-likeness (QED) is 0.393. The fraction of sp³-hybridized carbons (Fsp3) is 0. The van der Waals surface area contributed by atoms with Gasteiger partial charge >= 0.3 is 0 Å². The lowest BCUT2D eigenvalue weighted by Gasteiger charge is -2.07. The van der Waals surface area contributed by atoms with Gasteiger partial charge in [-0.2, -0.15) is 5.10 Å². The van der Waals surface area contributed by atoms with E-state index in [1.165, 1.54) is 6.21 Å². The number of rotatable bonds is 5. The molecule has 0 radical (unpaired) electrons. The molecule has 1 heterocycles. The van der Waals surface area contributed by atoms with Crippen LogP contribution in [-0.4, -0.2) is 22.2 Å². The van der Waals surface area contributed by atoms with E-state index in [2.05, 4.69) is 15.5 Å². The molecule has 6 nitrogen and oxygen atoms in total. The van der Waals surface area contributed by atoms with Crippen LogP contribution in [0.1, 0.15) is 15.9 Å². The van der Waals surface area contributed by atoms with Crippen molar-refractivity contribution < 1.29 is 14.6 Å². The highest BCUT2D eigenvalue weighted by molar-refractivity contribution is 6.01. The topological polar surface area (TPSA) is 83.8 Å². The van der Waals surface area contributed by atoms with Gasteiger partial charge in [0.2, 0.25) is 0 Å². The van der Waals surface area contributed by atoms with E-state index < -0.39 is 0 Å². The molecule has 4 aromatic rings. The second-order valence-corrected chi connectivity index (χ2v) is 6.22. The van der Waals surface area contributed by atoms with Crippen molar-refractivity contribution in [3.8, 4) is 17.2 Å². The molecular weight excluding hydrogens is 366 g/mol. The Morgan fingerprint density at radius 1 is 0.966 bits per heavy atom. The number of amides is 1. The Labute approximate surface area is 167 Å². The van der Waals surface area contributed by atoms with Crippen molar-refractivity contribution in [2.45, 2.75) is 0 Å². The zero-order chi connectivity index (χ0) is 20.1. The number of para-hydroxylation sites is 1. The Morgan fingerprint density at radius 2 is 1.79 bits per heavy atom. The van der Waals surface area contributed by atoms with Gasteiger partial charge in [0.25, 0.3) is 5.91 Å². The van der Waals surface area contributed by atoms with Crippen LogP contribution in [0.4, 0.5) is 0 Å². The minimum atomic E-state index is -0.360.